The third-order valence-corrected chi connectivity index (χ3v) is 3.06. The van der Waals surface area contributed by atoms with Crippen LogP contribution in [0.15, 0.2) is 30.3 Å². The number of benzene rings is 1. The molecule has 94 valence electrons. The largest absolute Gasteiger partial charge is 0.492 e. The van der Waals surface area contributed by atoms with Crippen molar-refractivity contribution in [1.29, 1.82) is 0 Å². The zero-order chi connectivity index (χ0) is 11.8. The summed E-state index contributed by atoms with van der Waals surface area (Å²) in [6.45, 7) is 4.57. The highest BCUT2D eigenvalue weighted by Gasteiger charge is 2.12. The lowest BCUT2D eigenvalue weighted by Gasteiger charge is -2.22. The molecule has 0 saturated carbocycles. The summed E-state index contributed by atoms with van der Waals surface area (Å²) in [4.78, 5) is 0. The van der Waals surface area contributed by atoms with Crippen molar-refractivity contribution in [3.05, 3.63) is 30.3 Å². The molecule has 0 amide bonds. The average molecular weight is 235 g/mol. The molecule has 17 heavy (non-hydrogen) atoms. The predicted molar refractivity (Wildman–Crippen MR) is 68.3 cm³/mol. The van der Waals surface area contributed by atoms with Crippen LogP contribution in [0.4, 0.5) is 0 Å². The van der Waals surface area contributed by atoms with Crippen molar-refractivity contribution < 1.29 is 9.47 Å². The van der Waals surface area contributed by atoms with Gasteiger partial charge in [0, 0.05) is 19.8 Å². The molecule has 1 aromatic rings. The van der Waals surface area contributed by atoms with Crippen LogP contribution in [0, 0.1) is 5.92 Å². The zero-order valence-electron chi connectivity index (χ0n) is 10.2. The van der Waals surface area contributed by atoms with Crippen molar-refractivity contribution >= 4 is 0 Å². The maximum atomic E-state index is 5.61. The average Bonchev–Trinajstić information content (AvgIpc) is 2.41. The maximum absolute atomic E-state index is 5.61. The quantitative estimate of drug-likeness (QED) is 0.766. The highest BCUT2D eigenvalue weighted by atomic mass is 16.5. The smallest absolute Gasteiger partial charge is 0.119 e. The van der Waals surface area contributed by atoms with Gasteiger partial charge >= 0.3 is 0 Å². The molecule has 3 nitrogen and oxygen atoms in total. The minimum Gasteiger partial charge on any atom is -0.492 e. The zero-order valence-corrected chi connectivity index (χ0v) is 10.2. The van der Waals surface area contributed by atoms with Crippen LogP contribution in [0.25, 0.3) is 0 Å². The van der Waals surface area contributed by atoms with Crippen LogP contribution in [0.1, 0.15) is 12.8 Å². The monoisotopic (exact) mass is 235 g/mol. The molecule has 0 bridgehead atoms. The van der Waals surface area contributed by atoms with E-state index in [9.17, 15) is 0 Å². The number of para-hydroxylation sites is 1. The van der Waals surface area contributed by atoms with Gasteiger partial charge in [-0.25, -0.2) is 0 Å². The number of hydrogen-bond acceptors (Lipinski definition) is 3. The first-order valence-electron chi connectivity index (χ1n) is 6.41. The fourth-order valence-electron chi connectivity index (χ4n) is 2.01. The van der Waals surface area contributed by atoms with Gasteiger partial charge < -0.3 is 14.8 Å². The van der Waals surface area contributed by atoms with Crippen molar-refractivity contribution in [2.75, 3.05) is 32.9 Å². The van der Waals surface area contributed by atoms with Crippen molar-refractivity contribution in [2.24, 2.45) is 5.92 Å². The molecule has 2 rings (SSSR count). The van der Waals surface area contributed by atoms with Crippen LogP contribution in [0.3, 0.4) is 0 Å². The molecule has 1 N–H and O–H groups in total. The Kier molecular flexibility index (Phi) is 5.33. The third-order valence-electron chi connectivity index (χ3n) is 3.06. The lowest BCUT2D eigenvalue weighted by Crippen LogP contribution is -2.30. The van der Waals surface area contributed by atoms with Gasteiger partial charge in [0.25, 0.3) is 0 Å². The van der Waals surface area contributed by atoms with Crippen molar-refractivity contribution in [1.82, 2.24) is 5.32 Å². The molecule has 1 fully saturated rings. The summed E-state index contributed by atoms with van der Waals surface area (Å²) in [7, 11) is 0. The molecule has 1 aromatic carbocycles. The molecule has 1 saturated heterocycles. The van der Waals surface area contributed by atoms with Crippen LogP contribution in [-0.2, 0) is 4.74 Å². The van der Waals surface area contributed by atoms with Gasteiger partial charge in [-0.15, -0.1) is 0 Å². The number of rotatable bonds is 6. The third kappa shape index (κ3) is 4.75. The number of hydrogen-bond donors (Lipinski definition) is 1. The van der Waals surface area contributed by atoms with Gasteiger partial charge in [0.15, 0.2) is 0 Å². The van der Waals surface area contributed by atoms with Crippen LogP contribution in [-0.4, -0.2) is 32.9 Å². The molecule has 0 aromatic heterocycles. The van der Waals surface area contributed by atoms with E-state index in [1.807, 2.05) is 30.3 Å². The van der Waals surface area contributed by atoms with Gasteiger partial charge in [0.05, 0.1) is 0 Å². The highest BCUT2D eigenvalue weighted by Crippen LogP contribution is 2.13. The molecule has 1 aliphatic heterocycles. The Balaban J connectivity index is 1.51. The van der Waals surface area contributed by atoms with Crippen LogP contribution >= 0.6 is 0 Å². The standard InChI is InChI=1S/C14H21NO2/c1-2-4-14(5-3-1)17-11-8-15-12-13-6-9-16-10-7-13/h1-5,13,15H,6-12H2. The highest BCUT2D eigenvalue weighted by molar-refractivity contribution is 5.20. The number of ether oxygens (including phenoxy) is 2. The summed E-state index contributed by atoms with van der Waals surface area (Å²) < 4.78 is 10.9. The van der Waals surface area contributed by atoms with Gasteiger partial charge in [-0.1, -0.05) is 18.2 Å². The molecular weight excluding hydrogens is 214 g/mol. The summed E-state index contributed by atoms with van der Waals surface area (Å²) in [6.07, 6.45) is 2.37. The van der Waals surface area contributed by atoms with Crippen LogP contribution in [0.5, 0.6) is 5.75 Å². The fourth-order valence-corrected chi connectivity index (χ4v) is 2.01. The molecule has 1 aliphatic rings. The lowest BCUT2D eigenvalue weighted by molar-refractivity contribution is 0.0661. The second-order valence-electron chi connectivity index (χ2n) is 4.42. The van der Waals surface area contributed by atoms with E-state index in [1.54, 1.807) is 0 Å². The van der Waals surface area contributed by atoms with Crippen LogP contribution < -0.4 is 10.1 Å². The van der Waals surface area contributed by atoms with Gasteiger partial charge in [0.2, 0.25) is 0 Å². The molecule has 0 radical (unpaired) electrons. The minimum absolute atomic E-state index is 0.729. The second kappa shape index (κ2) is 7.30. The van der Waals surface area contributed by atoms with Crippen molar-refractivity contribution in [2.45, 2.75) is 12.8 Å². The summed E-state index contributed by atoms with van der Waals surface area (Å²) in [5.41, 5.74) is 0. The predicted octanol–water partition coefficient (Wildman–Crippen LogP) is 2.08. The molecule has 0 spiro atoms. The Morgan fingerprint density at radius 1 is 1.18 bits per heavy atom. The van der Waals surface area contributed by atoms with Crippen LogP contribution in [0.2, 0.25) is 0 Å². The lowest BCUT2D eigenvalue weighted by atomic mass is 10.0. The first-order chi connectivity index (χ1) is 8.45. The van der Waals surface area contributed by atoms with E-state index >= 15 is 0 Å². The van der Waals surface area contributed by atoms with Crippen molar-refractivity contribution in [3.8, 4) is 5.75 Å². The molecule has 3 heteroatoms. The van der Waals surface area contributed by atoms with E-state index in [0.717, 1.165) is 44.6 Å². The van der Waals surface area contributed by atoms with Crippen molar-refractivity contribution in [3.63, 3.8) is 0 Å². The Morgan fingerprint density at radius 3 is 2.71 bits per heavy atom. The van der Waals surface area contributed by atoms with E-state index in [-0.39, 0.29) is 0 Å². The molecule has 0 aliphatic carbocycles. The summed E-state index contributed by atoms with van der Waals surface area (Å²) in [5, 5.41) is 3.44. The van der Waals surface area contributed by atoms with E-state index < -0.39 is 0 Å². The second-order valence-corrected chi connectivity index (χ2v) is 4.42. The fraction of sp³-hybridized carbons (Fsp3) is 0.571. The minimum atomic E-state index is 0.729. The molecular formula is C14H21NO2. The van der Waals surface area contributed by atoms with E-state index in [2.05, 4.69) is 5.32 Å². The summed E-state index contributed by atoms with van der Waals surface area (Å²) in [5.74, 6) is 1.72. The molecule has 0 unspecified atom stereocenters. The molecule has 0 atom stereocenters. The van der Waals surface area contributed by atoms with Gasteiger partial charge in [-0.3, -0.25) is 0 Å². The Morgan fingerprint density at radius 2 is 1.94 bits per heavy atom. The Hall–Kier alpha value is -1.06. The number of nitrogens with one attached hydrogen (secondary N) is 1. The Bertz CT molecular complexity index is 296. The van der Waals surface area contributed by atoms with Gasteiger partial charge in [-0.2, -0.15) is 0 Å². The Labute approximate surface area is 103 Å². The van der Waals surface area contributed by atoms with Gasteiger partial charge in [0.1, 0.15) is 12.4 Å². The van der Waals surface area contributed by atoms with E-state index in [4.69, 9.17) is 9.47 Å². The van der Waals surface area contributed by atoms with E-state index in [0.29, 0.717) is 0 Å². The summed E-state index contributed by atoms with van der Waals surface area (Å²) >= 11 is 0. The van der Waals surface area contributed by atoms with E-state index in [1.165, 1.54) is 12.8 Å². The normalized spacial score (nSPS) is 16.9. The van der Waals surface area contributed by atoms with Gasteiger partial charge in [-0.05, 0) is 37.4 Å². The first-order valence-corrected chi connectivity index (χ1v) is 6.41. The maximum Gasteiger partial charge on any atom is 0.119 e. The molecule has 1 heterocycles. The SMILES string of the molecule is c1ccc(OCCNCC2CCOCC2)cc1. The topological polar surface area (TPSA) is 30.5 Å². The first kappa shape index (κ1) is 12.4. The summed E-state index contributed by atoms with van der Waals surface area (Å²) in [6, 6.07) is 9.95.